The van der Waals surface area contributed by atoms with E-state index in [1.807, 2.05) is 4.90 Å². The van der Waals surface area contributed by atoms with Crippen LogP contribution in [0.15, 0.2) is 30.3 Å². The lowest BCUT2D eigenvalue weighted by atomic mass is 9.82. The Morgan fingerprint density at radius 2 is 1.71 bits per heavy atom. The number of hydrogen-bond donors (Lipinski definition) is 1. The molecule has 1 aliphatic rings. The van der Waals surface area contributed by atoms with Crippen LogP contribution in [0, 0.1) is 5.41 Å². The summed E-state index contributed by atoms with van der Waals surface area (Å²) in [5.74, 6) is -0.926. The topological polar surface area (TPSA) is 57.6 Å². The third-order valence-corrected chi connectivity index (χ3v) is 3.98. The Hall–Kier alpha value is -2.10. The maximum Gasteiger partial charge on any atom is 0.328 e. The minimum atomic E-state index is -0.980. The minimum absolute atomic E-state index is 0.0549. The summed E-state index contributed by atoms with van der Waals surface area (Å²) in [6.45, 7) is 6.07. The Balaban J connectivity index is 2.02. The molecule has 2 rings (SSSR count). The van der Waals surface area contributed by atoms with Gasteiger partial charge < -0.3 is 10.0 Å². The standard InChI is InChI=1S/C17H21NO3/c1-17(2)9-11-18(12-10-17)16(21)14-6-3-13(4-7-14)5-8-15(19)20/h3-8H,9-12H2,1-2H3,(H,19,20). The second-order valence-corrected chi connectivity index (χ2v) is 6.25. The molecule has 1 aromatic rings. The Morgan fingerprint density at radius 1 is 1.14 bits per heavy atom. The number of carboxylic acid groups (broad SMARTS) is 1. The van der Waals surface area contributed by atoms with Crippen LogP contribution in [0.4, 0.5) is 0 Å². The highest BCUT2D eigenvalue weighted by Crippen LogP contribution is 2.30. The van der Waals surface area contributed by atoms with Gasteiger partial charge >= 0.3 is 5.97 Å². The van der Waals surface area contributed by atoms with Gasteiger partial charge in [0.25, 0.3) is 5.91 Å². The quantitative estimate of drug-likeness (QED) is 0.869. The Kier molecular flexibility index (Phi) is 4.46. The molecule has 0 aromatic heterocycles. The van der Waals surface area contributed by atoms with Crippen LogP contribution >= 0.6 is 0 Å². The maximum atomic E-state index is 12.4. The van der Waals surface area contributed by atoms with Crippen molar-refractivity contribution < 1.29 is 14.7 Å². The summed E-state index contributed by atoms with van der Waals surface area (Å²) >= 11 is 0. The molecule has 1 aliphatic heterocycles. The van der Waals surface area contributed by atoms with Crippen molar-refractivity contribution in [3.05, 3.63) is 41.5 Å². The average Bonchev–Trinajstić information content (AvgIpc) is 2.45. The number of likely N-dealkylation sites (tertiary alicyclic amines) is 1. The molecule has 0 radical (unpaired) electrons. The van der Waals surface area contributed by atoms with Crippen molar-refractivity contribution in [3.63, 3.8) is 0 Å². The van der Waals surface area contributed by atoms with Crippen LogP contribution in [0.1, 0.15) is 42.6 Å². The fourth-order valence-electron chi connectivity index (χ4n) is 2.40. The van der Waals surface area contributed by atoms with E-state index >= 15 is 0 Å². The largest absolute Gasteiger partial charge is 0.478 e. The number of carboxylic acids is 1. The van der Waals surface area contributed by atoms with E-state index in [1.54, 1.807) is 24.3 Å². The minimum Gasteiger partial charge on any atom is -0.478 e. The number of benzene rings is 1. The van der Waals surface area contributed by atoms with Gasteiger partial charge in [-0.05, 0) is 42.0 Å². The van der Waals surface area contributed by atoms with Gasteiger partial charge in [-0.1, -0.05) is 26.0 Å². The number of nitrogens with zero attached hydrogens (tertiary/aromatic N) is 1. The predicted molar refractivity (Wildman–Crippen MR) is 82.0 cm³/mol. The molecule has 1 N–H and O–H groups in total. The van der Waals surface area contributed by atoms with Crippen molar-refractivity contribution in [2.75, 3.05) is 13.1 Å². The van der Waals surface area contributed by atoms with Gasteiger partial charge in [-0.2, -0.15) is 0 Å². The zero-order valence-electron chi connectivity index (χ0n) is 12.5. The maximum absolute atomic E-state index is 12.4. The number of amides is 1. The summed E-state index contributed by atoms with van der Waals surface area (Å²) in [6.07, 6.45) is 4.65. The van der Waals surface area contributed by atoms with Crippen molar-refractivity contribution in [1.82, 2.24) is 4.90 Å². The number of piperidine rings is 1. The summed E-state index contributed by atoms with van der Waals surface area (Å²) in [6, 6.07) is 7.04. The third-order valence-electron chi connectivity index (χ3n) is 3.98. The van der Waals surface area contributed by atoms with E-state index in [2.05, 4.69) is 13.8 Å². The molecular formula is C17H21NO3. The van der Waals surface area contributed by atoms with Gasteiger partial charge in [0.2, 0.25) is 0 Å². The van der Waals surface area contributed by atoms with Gasteiger partial charge in [0, 0.05) is 24.7 Å². The zero-order chi connectivity index (χ0) is 15.5. The number of rotatable bonds is 3. The SMILES string of the molecule is CC1(C)CCN(C(=O)c2ccc(C=CC(=O)O)cc2)CC1. The number of hydrogen-bond acceptors (Lipinski definition) is 2. The summed E-state index contributed by atoms with van der Waals surface area (Å²) < 4.78 is 0. The molecule has 112 valence electrons. The summed E-state index contributed by atoms with van der Waals surface area (Å²) in [7, 11) is 0. The zero-order valence-corrected chi connectivity index (χ0v) is 12.5. The van der Waals surface area contributed by atoms with Gasteiger partial charge in [-0.3, -0.25) is 4.79 Å². The second kappa shape index (κ2) is 6.12. The summed E-state index contributed by atoms with van der Waals surface area (Å²) in [5.41, 5.74) is 1.75. The van der Waals surface area contributed by atoms with Crippen molar-refractivity contribution in [2.45, 2.75) is 26.7 Å². The Bertz CT molecular complexity index is 548. The van der Waals surface area contributed by atoms with Crippen molar-refractivity contribution in [2.24, 2.45) is 5.41 Å². The molecule has 0 spiro atoms. The molecule has 4 nitrogen and oxygen atoms in total. The highest BCUT2D eigenvalue weighted by atomic mass is 16.4. The van der Waals surface area contributed by atoms with E-state index in [-0.39, 0.29) is 5.91 Å². The number of carbonyl (C=O) groups excluding carboxylic acids is 1. The molecule has 1 amide bonds. The van der Waals surface area contributed by atoms with E-state index in [4.69, 9.17) is 5.11 Å². The molecule has 1 fully saturated rings. The molecule has 0 unspecified atom stereocenters. The molecule has 4 heteroatoms. The van der Waals surface area contributed by atoms with Gasteiger partial charge in [-0.15, -0.1) is 0 Å². The van der Waals surface area contributed by atoms with E-state index < -0.39 is 5.97 Å². The smallest absolute Gasteiger partial charge is 0.328 e. The Labute approximate surface area is 125 Å². The molecule has 1 saturated heterocycles. The predicted octanol–water partition coefficient (Wildman–Crippen LogP) is 3.05. The van der Waals surface area contributed by atoms with Crippen LogP contribution in [0.3, 0.4) is 0 Å². The first-order valence-corrected chi connectivity index (χ1v) is 7.18. The molecule has 0 saturated carbocycles. The number of aliphatic carboxylic acids is 1. The molecule has 0 aliphatic carbocycles. The van der Waals surface area contributed by atoms with Crippen LogP contribution in [-0.2, 0) is 4.79 Å². The van der Waals surface area contributed by atoms with E-state index in [0.29, 0.717) is 11.0 Å². The fourth-order valence-corrected chi connectivity index (χ4v) is 2.40. The lowest BCUT2D eigenvalue weighted by molar-refractivity contribution is -0.131. The van der Waals surface area contributed by atoms with Gasteiger partial charge in [0.05, 0.1) is 0 Å². The van der Waals surface area contributed by atoms with Crippen LogP contribution < -0.4 is 0 Å². The molecule has 0 atom stereocenters. The summed E-state index contributed by atoms with van der Waals surface area (Å²) in [4.78, 5) is 24.8. The average molecular weight is 287 g/mol. The van der Waals surface area contributed by atoms with E-state index in [0.717, 1.165) is 37.6 Å². The van der Waals surface area contributed by atoms with Crippen LogP contribution in [0.5, 0.6) is 0 Å². The van der Waals surface area contributed by atoms with E-state index in [1.165, 1.54) is 6.08 Å². The van der Waals surface area contributed by atoms with E-state index in [9.17, 15) is 9.59 Å². The van der Waals surface area contributed by atoms with Gasteiger partial charge in [-0.25, -0.2) is 4.79 Å². The first-order chi connectivity index (χ1) is 9.87. The second-order valence-electron chi connectivity index (χ2n) is 6.25. The Morgan fingerprint density at radius 3 is 2.24 bits per heavy atom. The molecule has 0 bridgehead atoms. The molecule has 1 aromatic carbocycles. The highest BCUT2D eigenvalue weighted by molar-refractivity contribution is 5.94. The van der Waals surface area contributed by atoms with Crippen LogP contribution in [-0.4, -0.2) is 35.0 Å². The van der Waals surface area contributed by atoms with Crippen LogP contribution in [0.25, 0.3) is 6.08 Å². The lowest BCUT2D eigenvalue weighted by Gasteiger charge is -2.36. The molecule has 21 heavy (non-hydrogen) atoms. The van der Waals surface area contributed by atoms with Crippen molar-refractivity contribution in [1.29, 1.82) is 0 Å². The number of carbonyl (C=O) groups is 2. The summed E-state index contributed by atoms with van der Waals surface area (Å²) in [5, 5.41) is 8.58. The molecule has 1 heterocycles. The van der Waals surface area contributed by atoms with Crippen molar-refractivity contribution >= 4 is 18.0 Å². The van der Waals surface area contributed by atoms with Crippen LogP contribution in [0.2, 0.25) is 0 Å². The fraction of sp³-hybridized carbons (Fsp3) is 0.412. The first-order valence-electron chi connectivity index (χ1n) is 7.18. The normalized spacial score (nSPS) is 17.9. The third kappa shape index (κ3) is 4.18. The van der Waals surface area contributed by atoms with Gasteiger partial charge in [0.15, 0.2) is 0 Å². The van der Waals surface area contributed by atoms with Crippen molar-refractivity contribution in [3.8, 4) is 0 Å². The van der Waals surface area contributed by atoms with Gasteiger partial charge in [0.1, 0.15) is 0 Å². The lowest BCUT2D eigenvalue weighted by Crippen LogP contribution is -2.41. The highest BCUT2D eigenvalue weighted by Gasteiger charge is 2.28. The first kappa shape index (κ1) is 15.3. The monoisotopic (exact) mass is 287 g/mol. The molecular weight excluding hydrogens is 266 g/mol.